The molecule has 1 N–H and O–H groups in total. The molecule has 0 radical (unpaired) electrons. The number of carbonyl (C=O) groups excluding carboxylic acids is 1. The van der Waals surface area contributed by atoms with Crippen LogP contribution in [0.5, 0.6) is 5.75 Å². The van der Waals surface area contributed by atoms with Crippen molar-refractivity contribution in [1.82, 2.24) is 9.55 Å². The number of ether oxygens (including phenoxy) is 1. The third kappa shape index (κ3) is 5.17. The second-order valence-corrected chi connectivity index (χ2v) is 8.42. The zero-order chi connectivity index (χ0) is 24.1. The average Bonchev–Trinajstić information content (AvgIpc) is 3.21. The molecule has 4 aromatic rings. The minimum Gasteiger partial charge on any atom is -0.493 e. The number of aryl methyl sites for hydroxylation is 1. The quantitative estimate of drug-likeness (QED) is 0.226. The van der Waals surface area contributed by atoms with Crippen molar-refractivity contribution in [3.05, 3.63) is 77.9 Å². The number of carboxylic acid groups (broad SMARTS) is 1. The molecule has 34 heavy (non-hydrogen) atoms. The highest BCUT2D eigenvalue weighted by Gasteiger charge is 2.20. The number of carboxylic acids is 1. The van der Waals surface area contributed by atoms with Gasteiger partial charge >= 0.3 is 5.97 Å². The third-order valence-corrected chi connectivity index (χ3v) is 5.74. The summed E-state index contributed by atoms with van der Waals surface area (Å²) in [5.41, 5.74) is 5.02. The van der Waals surface area contributed by atoms with Crippen LogP contribution in [0.25, 0.3) is 28.1 Å². The van der Waals surface area contributed by atoms with Crippen molar-refractivity contribution in [2.75, 3.05) is 6.61 Å². The second-order valence-electron chi connectivity index (χ2n) is 8.42. The van der Waals surface area contributed by atoms with E-state index >= 15 is 0 Å². The van der Waals surface area contributed by atoms with Gasteiger partial charge in [0.25, 0.3) is 0 Å². The Balaban J connectivity index is 1.77. The van der Waals surface area contributed by atoms with Crippen molar-refractivity contribution in [2.24, 2.45) is 0 Å². The van der Waals surface area contributed by atoms with Crippen LogP contribution in [-0.2, 0) is 4.79 Å². The molecule has 0 aliphatic rings. The molecule has 0 fully saturated rings. The third-order valence-electron chi connectivity index (χ3n) is 5.74. The molecule has 0 atom stereocenters. The van der Waals surface area contributed by atoms with E-state index in [-0.39, 0.29) is 12.2 Å². The van der Waals surface area contributed by atoms with Gasteiger partial charge in [-0.05, 0) is 51.3 Å². The van der Waals surface area contributed by atoms with E-state index in [1.165, 1.54) is 6.92 Å². The smallest absolute Gasteiger partial charge is 0.303 e. The number of ketones is 1. The van der Waals surface area contributed by atoms with Gasteiger partial charge < -0.3 is 9.84 Å². The molecule has 6 nitrogen and oxygen atoms in total. The van der Waals surface area contributed by atoms with E-state index < -0.39 is 5.97 Å². The van der Waals surface area contributed by atoms with Crippen LogP contribution in [-0.4, -0.2) is 33.0 Å². The van der Waals surface area contributed by atoms with Gasteiger partial charge in [0.1, 0.15) is 17.1 Å². The van der Waals surface area contributed by atoms with E-state index in [2.05, 4.69) is 16.7 Å². The predicted octanol–water partition coefficient (Wildman–Crippen LogP) is 6.23. The van der Waals surface area contributed by atoms with Crippen LogP contribution in [0.1, 0.15) is 48.5 Å². The molecule has 0 unspecified atom stereocenters. The van der Waals surface area contributed by atoms with E-state index in [1.54, 1.807) is 6.07 Å². The van der Waals surface area contributed by atoms with Gasteiger partial charge in [0, 0.05) is 29.3 Å². The molecule has 0 saturated carbocycles. The van der Waals surface area contributed by atoms with Crippen molar-refractivity contribution in [3.8, 4) is 22.8 Å². The predicted molar refractivity (Wildman–Crippen MR) is 133 cm³/mol. The highest BCUT2D eigenvalue weighted by molar-refractivity contribution is 6.06. The topological polar surface area (TPSA) is 81.4 Å². The zero-order valence-corrected chi connectivity index (χ0v) is 19.5. The summed E-state index contributed by atoms with van der Waals surface area (Å²) in [4.78, 5) is 28.2. The van der Waals surface area contributed by atoms with Gasteiger partial charge in [-0.1, -0.05) is 48.0 Å². The molecule has 174 valence electrons. The van der Waals surface area contributed by atoms with Crippen molar-refractivity contribution in [2.45, 2.75) is 39.5 Å². The molecule has 0 aliphatic carbocycles. The monoisotopic (exact) mass is 456 g/mol. The maximum atomic E-state index is 12.6. The normalized spacial score (nSPS) is 11.0. The van der Waals surface area contributed by atoms with Crippen LogP contribution in [0.15, 0.2) is 66.7 Å². The number of benzene rings is 3. The number of Topliss-reactive ketones (excluding diaryl/α,β-unsaturated/α-hetero) is 1. The van der Waals surface area contributed by atoms with Gasteiger partial charge in [-0.25, -0.2) is 4.98 Å². The van der Waals surface area contributed by atoms with E-state index in [0.29, 0.717) is 29.9 Å². The molecule has 0 aliphatic heterocycles. The maximum Gasteiger partial charge on any atom is 0.303 e. The molecule has 0 saturated heterocycles. The lowest BCUT2D eigenvalue weighted by Gasteiger charge is -2.12. The number of hydrogen-bond donors (Lipinski definition) is 1. The lowest BCUT2D eigenvalue weighted by atomic mass is 10.1. The summed E-state index contributed by atoms with van der Waals surface area (Å²) < 4.78 is 8.06. The fraction of sp³-hybridized carbons (Fsp3) is 0.250. The number of imidazole rings is 1. The van der Waals surface area contributed by atoms with Gasteiger partial charge in [-0.15, -0.1) is 0 Å². The molecule has 4 rings (SSSR count). The summed E-state index contributed by atoms with van der Waals surface area (Å²) in [7, 11) is 0. The molecule has 0 spiro atoms. The van der Waals surface area contributed by atoms with Crippen molar-refractivity contribution in [1.29, 1.82) is 0 Å². The SMILES string of the molecule is CC(=O)c1cc(OCCCCCC(=O)O)cc2c1nc(-c1ccccc1)n2-c1ccc(C)cc1. The first-order chi connectivity index (χ1) is 16.4. The van der Waals surface area contributed by atoms with Gasteiger partial charge in [0.2, 0.25) is 0 Å². The maximum absolute atomic E-state index is 12.6. The average molecular weight is 457 g/mol. The number of fused-ring (bicyclic) bond motifs is 1. The fourth-order valence-corrected chi connectivity index (χ4v) is 3.98. The van der Waals surface area contributed by atoms with Crippen molar-refractivity contribution in [3.63, 3.8) is 0 Å². The van der Waals surface area contributed by atoms with Crippen LogP contribution < -0.4 is 4.74 Å². The van der Waals surface area contributed by atoms with Crippen LogP contribution in [0.3, 0.4) is 0 Å². The summed E-state index contributed by atoms with van der Waals surface area (Å²) in [6.45, 7) is 4.04. The highest BCUT2D eigenvalue weighted by Crippen LogP contribution is 2.33. The second kappa shape index (κ2) is 10.3. The van der Waals surface area contributed by atoms with E-state index in [0.717, 1.165) is 41.0 Å². The summed E-state index contributed by atoms with van der Waals surface area (Å²) >= 11 is 0. The van der Waals surface area contributed by atoms with Crippen LogP contribution in [0, 0.1) is 6.92 Å². The van der Waals surface area contributed by atoms with E-state index in [9.17, 15) is 9.59 Å². The number of unbranched alkanes of at least 4 members (excludes halogenated alkanes) is 2. The minimum absolute atomic E-state index is 0.0786. The largest absolute Gasteiger partial charge is 0.493 e. The zero-order valence-electron chi connectivity index (χ0n) is 19.5. The molecule has 3 aromatic carbocycles. The van der Waals surface area contributed by atoms with Crippen LogP contribution >= 0.6 is 0 Å². The molecule has 1 heterocycles. The Hall–Kier alpha value is -3.93. The van der Waals surface area contributed by atoms with Gasteiger partial charge in [0.15, 0.2) is 5.78 Å². The van der Waals surface area contributed by atoms with Crippen LogP contribution in [0.2, 0.25) is 0 Å². The summed E-state index contributed by atoms with van der Waals surface area (Å²) in [6.07, 6.45) is 2.30. The molecule has 0 amide bonds. The fourth-order valence-electron chi connectivity index (χ4n) is 3.98. The lowest BCUT2D eigenvalue weighted by Crippen LogP contribution is -2.02. The first kappa shape index (κ1) is 23.2. The molecule has 0 bridgehead atoms. The Bertz CT molecular complexity index is 1310. The summed E-state index contributed by atoms with van der Waals surface area (Å²) in [6, 6.07) is 21.8. The van der Waals surface area contributed by atoms with Gasteiger partial charge in [0.05, 0.1) is 12.1 Å². The summed E-state index contributed by atoms with van der Waals surface area (Å²) in [5, 5.41) is 8.78. The van der Waals surface area contributed by atoms with Crippen molar-refractivity contribution >= 4 is 22.8 Å². The summed E-state index contributed by atoms with van der Waals surface area (Å²) in [5.74, 6) is 0.498. The Morgan fingerprint density at radius 3 is 2.38 bits per heavy atom. The first-order valence-corrected chi connectivity index (χ1v) is 11.5. The molecule has 1 aromatic heterocycles. The Morgan fingerprint density at radius 1 is 0.971 bits per heavy atom. The standard InChI is InChI=1S/C28H28N2O4/c1-19-12-14-22(15-13-19)30-25-18-23(34-16-8-4-7-11-26(32)33)17-24(20(2)31)27(25)29-28(30)21-9-5-3-6-10-21/h3,5-6,9-10,12-15,17-18H,4,7-8,11,16H2,1-2H3,(H,32,33). The van der Waals surface area contributed by atoms with E-state index in [1.807, 2.05) is 55.5 Å². The van der Waals surface area contributed by atoms with Crippen LogP contribution in [0.4, 0.5) is 0 Å². The minimum atomic E-state index is -0.781. The number of hydrogen-bond acceptors (Lipinski definition) is 4. The number of rotatable bonds is 10. The molecular formula is C28H28N2O4. The van der Waals surface area contributed by atoms with Crippen molar-refractivity contribution < 1.29 is 19.4 Å². The first-order valence-electron chi connectivity index (χ1n) is 11.5. The lowest BCUT2D eigenvalue weighted by molar-refractivity contribution is -0.137. The number of carbonyl (C=O) groups is 2. The van der Waals surface area contributed by atoms with Gasteiger partial charge in [-0.2, -0.15) is 0 Å². The number of aliphatic carboxylic acids is 1. The molecular weight excluding hydrogens is 428 g/mol. The Labute approximate surface area is 198 Å². The number of aromatic nitrogens is 2. The number of nitrogens with zero attached hydrogens (tertiary/aromatic N) is 2. The van der Waals surface area contributed by atoms with Gasteiger partial charge in [-0.3, -0.25) is 14.2 Å². The Kier molecular flexibility index (Phi) is 7.07. The Morgan fingerprint density at radius 2 is 1.71 bits per heavy atom. The highest BCUT2D eigenvalue weighted by atomic mass is 16.5. The molecule has 6 heteroatoms. The van der Waals surface area contributed by atoms with E-state index in [4.69, 9.17) is 14.8 Å².